The lowest BCUT2D eigenvalue weighted by atomic mass is 9.83. The molecule has 0 spiro atoms. The van der Waals surface area contributed by atoms with Gasteiger partial charge in [0.15, 0.2) is 0 Å². The Labute approximate surface area is 112 Å². The van der Waals surface area contributed by atoms with Crippen molar-refractivity contribution in [3.63, 3.8) is 0 Å². The van der Waals surface area contributed by atoms with E-state index in [4.69, 9.17) is 10.5 Å². The van der Waals surface area contributed by atoms with Crippen LogP contribution >= 0.6 is 0 Å². The van der Waals surface area contributed by atoms with Crippen LogP contribution in [0.25, 0.3) is 0 Å². The van der Waals surface area contributed by atoms with E-state index in [-0.39, 0.29) is 5.54 Å². The molecular weight excluding hydrogens is 224 g/mol. The summed E-state index contributed by atoms with van der Waals surface area (Å²) in [6.45, 7) is 8.68. The monoisotopic (exact) mass is 254 g/mol. The summed E-state index contributed by atoms with van der Waals surface area (Å²) in [4.78, 5) is 2.65. The van der Waals surface area contributed by atoms with Crippen molar-refractivity contribution < 1.29 is 4.74 Å². The average Bonchev–Trinajstić information content (AvgIpc) is 3.21. The third-order valence-corrected chi connectivity index (χ3v) is 5.20. The van der Waals surface area contributed by atoms with Gasteiger partial charge in [0.2, 0.25) is 0 Å². The molecule has 1 aliphatic heterocycles. The standard InChI is InChI=1S/C15H30N2O/c1-12(2)13-6-8-17(9-7-13)15(10-16,11-18-3)14-4-5-14/h12-14H,4-11,16H2,1-3H3. The highest BCUT2D eigenvalue weighted by molar-refractivity contribution is 5.04. The molecule has 0 bridgehead atoms. The molecule has 106 valence electrons. The fourth-order valence-electron chi connectivity index (χ4n) is 3.70. The van der Waals surface area contributed by atoms with Gasteiger partial charge in [-0.25, -0.2) is 0 Å². The summed E-state index contributed by atoms with van der Waals surface area (Å²) >= 11 is 0. The van der Waals surface area contributed by atoms with E-state index in [9.17, 15) is 0 Å². The maximum atomic E-state index is 6.14. The fourth-order valence-corrected chi connectivity index (χ4v) is 3.70. The van der Waals surface area contributed by atoms with Gasteiger partial charge in [0, 0.05) is 13.7 Å². The smallest absolute Gasteiger partial charge is 0.0661 e. The summed E-state index contributed by atoms with van der Waals surface area (Å²) in [5.74, 6) is 2.50. The zero-order chi connectivity index (χ0) is 13.2. The molecule has 1 aliphatic carbocycles. The van der Waals surface area contributed by atoms with Crippen LogP contribution < -0.4 is 5.73 Å². The van der Waals surface area contributed by atoms with Gasteiger partial charge >= 0.3 is 0 Å². The lowest BCUT2D eigenvalue weighted by molar-refractivity contribution is -0.0228. The molecule has 0 amide bonds. The highest BCUT2D eigenvalue weighted by Crippen LogP contribution is 2.44. The molecule has 1 saturated heterocycles. The number of piperidine rings is 1. The van der Waals surface area contributed by atoms with Crippen molar-refractivity contribution in [2.24, 2.45) is 23.5 Å². The van der Waals surface area contributed by atoms with Crippen molar-refractivity contribution >= 4 is 0 Å². The molecule has 3 nitrogen and oxygen atoms in total. The van der Waals surface area contributed by atoms with Gasteiger partial charge in [-0.1, -0.05) is 13.8 Å². The van der Waals surface area contributed by atoms with Gasteiger partial charge in [-0.05, 0) is 56.5 Å². The third-order valence-electron chi connectivity index (χ3n) is 5.20. The number of methoxy groups -OCH3 is 1. The summed E-state index contributed by atoms with van der Waals surface area (Å²) in [6, 6.07) is 0. The Morgan fingerprint density at radius 1 is 1.22 bits per heavy atom. The van der Waals surface area contributed by atoms with Crippen LogP contribution in [0.4, 0.5) is 0 Å². The first-order chi connectivity index (χ1) is 8.64. The van der Waals surface area contributed by atoms with E-state index < -0.39 is 0 Å². The second-order valence-corrected chi connectivity index (χ2v) is 6.58. The largest absolute Gasteiger partial charge is 0.383 e. The van der Waals surface area contributed by atoms with Gasteiger partial charge in [-0.3, -0.25) is 4.90 Å². The minimum absolute atomic E-state index is 0.136. The van der Waals surface area contributed by atoms with Crippen molar-refractivity contribution in [1.82, 2.24) is 4.90 Å². The first-order valence-corrected chi connectivity index (χ1v) is 7.58. The number of nitrogens with two attached hydrogens (primary N) is 1. The Morgan fingerprint density at radius 2 is 1.83 bits per heavy atom. The van der Waals surface area contributed by atoms with Crippen molar-refractivity contribution in [2.45, 2.75) is 45.1 Å². The Hall–Kier alpha value is -0.120. The quantitative estimate of drug-likeness (QED) is 0.789. The molecule has 1 heterocycles. The average molecular weight is 254 g/mol. The fraction of sp³-hybridized carbons (Fsp3) is 1.00. The summed E-state index contributed by atoms with van der Waals surface area (Å²) in [5.41, 5.74) is 6.27. The molecule has 0 aromatic heterocycles. The van der Waals surface area contributed by atoms with Crippen molar-refractivity contribution in [3.8, 4) is 0 Å². The maximum Gasteiger partial charge on any atom is 0.0661 e. The second kappa shape index (κ2) is 5.89. The Bertz CT molecular complexity index is 257. The third kappa shape index (κ3) is 2.73. The minimum atomic E-state index is 0.136. The number of hydrogen-bond donors (Lipinski definition) is 1. The predicted molar refractivity (Wildman–Crippen MR) is 75.5 cm³/mol. The number of ether oxygens (including phenoxy) is 1. The molecule has 3 heteroatoms. The molecule has 2 aliphatic rings. The number of likely N-dealkylation sites (tertiary alicyclic amines) is 1. The van der Waals surface area contributed by atoms with E-state index in [0.717, 1.165) is 30.9 Å². The molecule has 1 atom stereocenters. The lowest BCUT2D eigenvalue weighted by Gasteiger charge is -2.47. The molecule has 0 aromatic rings. The molecule has 0 radical (unpaired) electrons. The van der Waals surface area contributed by atoms with Crippen LogP contribution in [0, 0.1) is 17.8 Å². The number of rotatable bonds is 6. The predicted octanol–water partition coefficient (Wildman–Crippen LogP) is 2.11. The SMILES string of the molecule is COCC(CN)(C1CC1)N1CCC(C(C)C)CC1. The zero-order valence-electron chi connectivity index (χ0n) is 12.3. The van der Waals surface area contributed by atoms with Crippen LogP contribution in [0.1, 0.15) is 39.5 Å². The number of hydrogen-bond acceptors (Lipinski definition) is 3. The highest BCUT2D eigenvalue weighted by atomic mass is 16.5. The Balaban J connectivity index is 2.00. The van der Waals surface area contributed by atoms with Gasteiger partial charge in [0.1, 0.15) is 0 Å². The van der Waals surface area contributed by atoms with Crippen LogP contribution in [0.2, 0.25) is 0 Å². The topological polar surface area (TPSA) is 38.5 Å². The molecule has 1 unspecified atom stereocenters. The highest BCUT2D eigenvalue weighted by Gasteiger charge is 2.49. The van der Waals surface area contributed by atoms with Crippen LogP contribution in [0.15, 0.2) is 0 Å². The van der Waals surface area contributed by atoms with Gasteiger partial charge in [-0.15, -0.1) is 0 Å². The summed E-state index contributed by atoms with van der Waals surface area (Å²) in [6.07, 6.45) is 5.33. The van der Waals surface area contributed by atoms with Crippen molar-refractivity contribution in [2.75, 3.05) is 33.4 Å². The summed E-state index contributed by atoms with van der Waals surface area (Å²) in [7, 11) is 1.81. The maximum absolute atomic E-state index is 6.14. The van der Waals surface area contributed by atoms with E-state index in [1.807, 2.05) is 7.11 Å². The Morgan fingerprint density at radius 3 is 2.22 bits per heavy atom. The zero-order valence-corrected chi connectivity index (χ0v) is 12.3. The van der Waals surface area contributed by atoms with Gasteiger partial charge in [-0.2, -0.15) is 0 Å². The molecule has 2 rings (SSSR count). The Kier molecular flexibility index (Phi) is 4.68. The van der Waals surface area contributed by atoms with E-state index in [2.05, 4.69) is 18.7 Å². The summed E-state index contributed by atoms with van der Waals surface area (Å²) in [5, 5.41) is 0. The van der Waals surface area contributed by atoms with Crippen LogP contribution in [0.3, 0.4) is 0 Å². The van der Waals surface area contributed by atoms with Gasteiger partial charge in [0.25, 0.3) is 0 Å². The van der Waals surface area contributed by atoms with Gasteiger partial charge in [0.05, 0.1) is 12.1 Å². The first kappa shape index (κ1) is 14.3. The van der Waals surface area contributed by atoms with Crippen LogP contribution in [-0.2, 0) is 4.74 Å². The molecule has 0 aromatic carbocycles. The van der Waals surface area contributed by atoms with Gasteiger partial charge < -0.3 is 10.5 Å². The normalized spacial score (nSPS) is 26.5. The van der Waals surface area contributed by atoms with E-state index in [0.29, 0.717) is 0 Å². The van der Waals surface area contributed by atoms with Crippen LogP contribution in [-0.4, -0.2) is 43.8 Å². The van der Waals surface area contributed by atoms with E-state index in [1.54, 1.807) is 0 Å². The van der Waals surface area contributed by atoms with Crippen molar-refractivity contribution in [3.05, 3.63) is 0 Å². The molecular formula is C15H30N2O. The summed E-state index contributed by atoms with van der Waals surface area (Å²) < 4.78 is 5.51. The first-order valence-electron chi connectivity index (χ1n) is 7.58. The number of nitrogens with zero attached hydrogens (tertiary/aromatic N) is 1. The molecule has 2 N–H and O–H groups in total. The van der Waals surface area contributed by atoms with E-state index in [1.165, 1.54) is 38.8 Å². The minimum Gasteiger partial charge on any atom is -0.383 e. The molecule has 2 fully saturated rings. The molecule has 18 heavy (non-hydrogen) atoms. The van der Waals surface area contributed by atoms with Crippen molar-refractivity contribution in [1.29, 1.82) is 0 Å². The molecule has 1 saturated carbocycles. The van der Waals surface area contributed by atoms with E-state index >= 15 is 0 Å². The lowest BCUT2D eigenvalue weighted by Crippen LogP contribution is -2.60. The second-order valence-electron chi connectivity index (χ2n) is 6.58. The van der Waals surface area contributed by atoms with Crippen LogP contribution in [0.5, 0.6) is 0 Å².